The van der Waals surface area contributed by atoms with Crippen LogP contribution in [0, 0.1) is 11.8 Å². The van der Waals surface area contributed by atoms with Crippen LogP contribution in [0.4, 0.5) is 0 Å². The number of ether oxygens (including phenoxy) is 3. The fraction of sp³-hybridized carbons (Fsp3) is 0.940. The lowest BCUT2D eigenvalue weighted by Crippen LogP contribution is -2.30. The summed E-state index contributed by atoms with van der Waals surface area (Å²) in [5.41, 5.74) is 0. The third-order valence-electron chi connectivity index (χ3n) is 11.6. The van der Waals surface area contributed by atoms with Crippen molar-refractivity contribution in [3.63, 3.8) is 0 Å². The Hall–Kier alpha value is -1.59. The highest BCUT2D eigenvalue weighted by Crippen LogP contribution is 2.18. The van der Waals surface area contributed by atoms with Crippen molar-refractivity contribution < 1.29 is 28.6 Å². The van der Waals surface area contributed by atoms with Gasteiger partial charge in [0.05, 0.1) is 0 Å². The van der Waals surface area contributed by atoms with Gasteiger partial charge in [-0.3, -0.25) is 14.4 Å². The van der Waals surface area contributed by atoms with Crippen LogP contribution in [0.1, 0.15) is 272 Å². The fourth-order valence-corrected chi connectivity index (χ4v) is 7.43. The van der Waals surface area contributed by atoms with Gasteiger partial charge < -0.3 is 14.2 Å². The van der Waals surface area contributed by atoms with E-state index in [1.807, 2.05) is 0 Å². The van der Waals surface area contributed by atoms with Crippen molar-refractivity contribution in [1.29, 1.82) is 0 Å². The molecule has 0 amide bonds. The minimum atomic E-state index is -0.760. The molecule has 0 radical (unpaired) electrons. The van der Waals surface area contributed by atoms with Crippen LogP contribution in [-0.2, 0) is 28.6 Å². The molecule has 0 saturated carbocycles. The molecule has 0 N–H and O–H groups in total. The van der Waals surface area contributed by atoms with Crippen molar-refractivity contribution in [2.24, 2.45) is 11.8 Å². The highest BCUT2D eigenvalue weighted by atomic mass is 16.6. The lowest BCUT2D eigenvalue weighted by atomic mass is 9.99. The highest BCUT2D eigenvalue weighted by molar-refractivity contribution is 5.71. The van der Waals surface area contributed by atoms with Gasteiger partial charge in [-0.15, -0.1) is 0 Å². The molecule has 0 aromatic carbocycles. The molecule has 0 spiro atoms. The number of hydrogen-bond donors (Lipinski definition) is 0. The van der Waals surface area contributed by atoms with E-state index in [1.165, 1.54) is 161 Å². The van der Waals surface area contributed by atoms with Crippen LogP contribution in [-0.4, -0.2) is 37.2 Å². The summed E-state index contributed by atoms with van der Waals surface area (Å²) in [6.45, 7) is 11.4. The number of rotatable bonds is 44. The average molecular weight is 793 g/mol. The van der Waals surface area contributed by atoms with E-state index in [9.17, 15) is 14.4 Å². The van der Waals surface area contributed by atoms with Gasteiger partial charge in [0.25, 0.3) is 0 Å². The predicted molar refractivity (Wildman–Crippen MR) is 238 cm³/mol. The molecule has 0 saturated heterocycles. The Morgan fingerprint density at radius 3 is 1.02 bits per heavy atom. The van der Waals surface area contributed by atoms with Gasteiger partial charge in [-0.1, -0.05) is 234 Å². The smallest absolute Gasteiger partial charge is 0.306 e. The predicted octanol–water partition coefficient (Wildman–Crippen LogP) is 15.8. The lowest BCUT2D eigenvalue weighted by Gasteiger charge is -2.18. The lowest BCUT2D eigenvalue weighted by molar-refractivity contribution is -0.167. The van der Waals surface area contributed by atoms with Gasteiger partial charge in [0.2, 0.25) is 0 Å². The van der Waals surface area contributed by atoms with Crippen molar-refractivity contribution in [3.05, 3.63) is 0 Å². The topological polar surface area (TPSA) is 78.9 Å². The Bertz CT molecular complexity index is 856. The van der Waals surface area contributed by atoms with Crippen LogP contribution in [0.25, 0.3) is 0 Å². The zero-order chi connectivity index (χ0) is 41.2. The molecule has 0 aromatic rings. The van der Waals surface area contributed by atoms with Crippen molar-refractivity contribution in [2.45, 2.75) is 278 Å². The van der Waals surface area contributed by atoms with E-state index < -0.39 is 6.10 Å². The number of hydrogen-bond acceptors (Lipinski definition) is 6. The van der Waals surface area contributed by atoms with Gasteiger partial charge >= 0.3 is 17.9 Å². The van der Waals surface area contributed by atoms with Crippen LogP contribution in [0.2, 0.25) is 0 Å². The Morgan fingerprint density at radius 2 is 0.679 bits per heavy atom. The van der Waals surface area contributed by atoms with Crippen LogP contribution >= 0.6 is 0 Å². The van der Waals surface area contributed by atoms with E-state index in [4.69, 9.17) is 14.2 Å². The monoisotopic (exact) mass is 793 g/mol. The first kappa shape index (κ1) is 54.4. The summed E-state index contributed by atoms with van der Waals surface area (Å²) in [6.07, 6.45) is 42.4. The third kappa shape index (κ3) is 42.0. The third-order valence-corrected chi connectivity index (χ3v) is 11.6. The summed E-state index contributed by atoms with van der Waals surface area (Å²) in [4.78, 5) is 37.7. The summed E-state index contributed by atoms with van der Waals surface area (Å²) in [5.74, 6) is 0.854. The maximum Gasteiger partial charge on any atom is 0.306 e. The molecule has 0 aliphatic carbocycles. The quantitative estimate of drug-likeness (QED) is 0.0347. The van der Waals surface area contributed by atoms with Gasteiger partial charge in [-0.25, -0.2) is 0 Å². The normalized spacial score (nSPS) is 12.5. The Morgan fingerprint density at radius 1 is 0.375 bits per heavy atom. The molecular weight excluding hydrogens is 697 g/mol. The number of unbranched alkanes of at least 4 members (excludes halogenated alkanes) is 28. The van der Waals surface area contributed by atoms with Crippen LogP contribution < -0.4 is 0 Å². The summed E-state index contributed by atoms with van der Waals surface area (Å²) in [5, 5.41) is 0. The zero-order valence-corrected chi connectivity index (χ0v) is 38.3. The molecule has 0 aliphatic rings. The molecule has 2 atom stereocenters. The summed E-state index contributed by atoms with van der Waals surface area (Å²) in [6, 6.07) is 0. The first-order chi connectivity index (χ1) is 27.3. The van der Waals surface area contributed by atoms with E-state index >= 15 is 0 Å². The van der Waals surface area contributed by atoms with E-state index in [0.717, 1.165) is 69.6 Å². The van der Waals surface area contributed by atoms with E-state index in [1.54, 1.807) is 0 Å². The molecule has 56 heavy (non-hydrogen) atoms. The molecule has 1 unspecified atom stereocenters. The zero-order valence-electron chi connectivity index (χ0n) is 38.3. The molecule has 0 aromatic heterocycles. The van der Waals surface area contributed by atoms with E-state index in [2.05, 4.69) is 34.6 Å². The Kier molecular flexibility index (Phi) is 41.8. The average Bonchev–Trinajstić information content (AvgIpc) is 3.18. The first-order valence-corrected chi connectivity index (χ1v) is 24.8. The van der Waals surface area contributed by atoms with Crippen LogP contribution in [0.15, 0.2) is 0 Å². The summed E-state index contributed by atoms with van der Waals surface area (Å²) < 4.78 is 16.7. The van der Waals surface area contributed by atoms with Crippen molar-refractivity contribution in [3.8, 4) is 0 Å². The largest absolute Gasteiger partial charge is 0.462 e. The number of carbonyl (C=O) groups excluding carboxylic acids is 3. The van der Waals surface area contributed by atoms with Crippen LogP contribution in [0.3, 0.4) is 0 Å². The minimum Gasteiger partial charge on any atom is -0.462 e. The van der Waals surface area contributed by atoms with Gasteiger partial charge in [-0.05, 0) is 31.1 Å². The SMILES string of the molecule is CCCCCCCCCC(=O)OC[C@@H](COC(=O)CCCCCCCCCCCCCCCCC(C)C)OC(=O)CCCCCCCCCCCCC(C)CC. The van der Waals surface area contributed by atoms with Gasteiger partial charge in [0.15, 0.2) is 6.10 Å². The van der Waals surface area contributed by atoms with Crippen LogP contribution in [0.5, 0.6) is 0 Å². The van der Waals surface area contributed by atoms with Gasteiger partial charge in [-0.2, -0.15) is 0 Å². The van der Waals surface area contributed by atoms with Gasteiger partial charge in [0, 0.05) is 19.3 Å². The molecule has 0 aliphatic heterocycles. The van der Waals surface area contributed by atoms with E-state index in [0.29, 0.717) is 19.3 Å². The second kappa shape index (κ2) is 43.0. The van der Waals surface area contributed by atoms with Crippen molar-refractivity contribution >= 4 is 17.9 Å². The maximum atomic E-state index is 12.7. The van der Waals surface area contributed by atoms with E-state index in [-0.39, 0.29) is 31.1 Å². The molecular formula is C50H96O6. The number of carbonyl (C=O) groups is 3. The molecule has 0 bridgehead atoms. The molecule has 0 heterocycles. The molecule has 0 rings (SSSR count). The number of esters is 3. The van der Waals surface area contributed by atoms with Crippen molar-refractivity contribution in [2.75, 3.05) is 13.2 Å². The fourth-order valence-electron chi connectivity index (χ4n) is 7.43. The molecule has 6 nitrogen and oxygen atoms in total. The maximum absolute atomic E-state index is 12.7. The Balaban J connectivity index is 4.22. The molecule has 0 fully saturated rings. The second-order valence-electron chi connectivity index (χ2n) is 17.8. The first-order valence-electron chi connectivity index (χ1n) is 24.8. The summed E-state index contributed by atoms with van der Waals surface area (Å²) >= 11 is 0. The minimum absolute atomic E-state index is 0.0644. The Labute approximate surface area is 348 Å². The standard InChI is InChI=1S/C50H96O6/c1-6-8-9-10-23-30-35-40-48(51)54-43-47(56-50(53)42-37-32-27-22-18-17-20-25-29-34-39-46(5)7-2)44-55-49(52)41-36-31-26-21-16-14-12-11-13-15-19-24-28-33-38-45(3)4/h45-47H,6-44H2,1-5H3/t46?,47-/m0/s1. The summed E-state index contributed by atoms with van der Waals surface area (Å²) in [7, 11) is 0. The highest BCUT2D eigenvalue weighted by Gasteiger charge is 2.19. The van der Waals surface area contributed by atoms with Crippen molar-refractivity contribution in [1.82, 2.24) is 0 Å². The second-order valence-corrected chi connectivity index (χ2v) is 17.8. The van der Waals surface area contributed by atoms with Gasteiger partial charge in [0.1, 0.15) is 13.2 Å². The molecule has 332 valence electrons. The molecule has 6 heteroatoms.